The van der Waals surface area contributed by atoms with E-state index in [1.807, 2.05) is 56.3 Å². The lowest BCUT2D eigenvalue weighted by Gasteiger charge is -2.24. The van der Waals surface area contributed by atoms with E-state index in [0.29, 0.717) is 45.3 Å². The van der Waals surface area contributed by atoms with E-state index < -0.39 is 12.0 Å². The molecule has 8 heteroatoms. The first-order chi connectivity index (χ1) is 17.9. The highest BCUT2D eigenvalue weighted by Crippen LogP contribution is 2.31. The summed E-state index contributed by atoms with van der Waals surface area (Å²) in [5.74, 6) is 0.721. The van der Waals surface area contributed by atoms with Crippen molar-refractivity contribution in [3.05, 3.63) is 103 Å². The number of nitrogens with zero attached hydrogens (tertiary/aromatic N) is 2. The van der Waals surface area contributed by atoms with Crippen molar-refractivity contribution in [2.75, 3.05) is 19.8 Å². The summed E-state index contributed by atoms with van der Waals surface area (Å²) in [6.45, 7) is 12.2. The molecule has 0 spiro atoms. The molecule has 0 aliphatic carbocycles. The zero-order valence-corrected chi connectivity index (χ0v) is 22.3. The van der Waals surface area contributed by atoms with Crippen LogP contribution in [0.2, 0.25) is 0 Å². The number of carbonyl (C=O) groups excluding carboxylic acids is 1. The zero-order chi connectivity index (χ0) is 26.5. The number of fused-ring (bicyclic) bond motifs is 1. The van der Waals surface area contributed by atoms with E-state index in [0.717, 1.165) is 16.7 Å². The van der Waals surface area contributed by atoms with Gasteiger partial charge in [-0.1, -0.05) is 59.9 Å². The highest BCUT2D eigenvalue weighted by atomic mass is 32.1. The molecule has 2 aromatic carbocycles. The summed E-state index contributed by atoms with van der Waals surface area (Å²) in [4.78, 5) is 31.9. The van der Waals surface area contributed by atoms with E-state index in [-0.39, 0.29) is 12.2 Å². The van der Waals surface area contributed by atoms with Gasteiger partial charge in [0.2, 0.25) is 0 Å². The molecule has 4 rings (SSSR count). The fourth-order valence-electron chi connectivity index (χ4n) is 4.16. The number of hydrogen-bond donors (Lipinski definition) is 0. The van der Waals surface area contributed by atoms with Gasteiger partial charge in [0, 0.05) is 0 Å². The fourth-order valence-corrected chi connectivity index (χ4v) is 5.20. The Hall–Kier alpha value is -3.91. The number of allylic oxidation sites excluding steroid dienone is 1. The maximum Gasteiger partial charge on any atom is 0.338 e. The fraction of sp³-hybridized carbons (Fsp3) is 0.276. The minimum absolute atomic E-state index is 0.228. The largest absolute Gasteiger partial charge is 0.490 e. The molecule has 1 aromatic heterocycles. The van der Waals surface area contributed by atoms with Crippen molar-refractivity contribution < 1.29 is 19.0 Å². The smallest absolute Gasteiger partial charge is 0.338 e. The van der Waals surface area contributed by atoms with Gasteiger partial charge in [-0.15, -0.1) is 0 Å². The Morgan fingerprint density at radius 1 is 1.08 bits per heavy atom. The lowest BCUT2D eigenvalue weighted by atomic mass is 9.95. The van der Waals surface area contributed by atoms with Gasteiger partial charge in [-0.25, -0.2) is 9.79 Å². The van der Waals surface area contributed by atoms with E-state index >= 15 is 0 Å². The summed E-state index contributed by atoms with van der Waals surface area (Å²) in [5.41, 5.74) is 3.37. The molecular formula is C29H30N2O5S. The maximum absolute atomic E-state index is 13.8. The third kappa shape index (κ3) is 5.44. The molecule has 37 heavy (non-hydrogen) atoms. The topological polar surface area (TPSA) is 79.1 Å². The van der Waals surface area contributed by atoms with Gasteiger partial charge >= 0.3 is 5.97 Å². The highest BCUT2D eigenvalue weighted by Gasteiger charge is 2.33. The van der Waals surface area contributed by atoms with Gasteiger partial charge in [0.1, 0.15) is 6.61 Å². The van der Waals surface area contributed by atoms with Crippen LogP contribution >= 0.6 is 11.3 Å². The molecule has 0 saturated heterocycles. The van der Waals surface area contributed by atoms with Crippen LogP contribution in [0.1, 0.15) is 43.5 Å². The number of aryl methyl sites for hydroxylation is 1. The average molecular weight is 519 g/mol. The molecule has 0 unspecified atom stereocenters. The highest BCUT2D eigenvalue weighted by molar-refractivity contribution is 7.07. The summed E-state index contributed by atoms with van der Waals surface area (Å²) < 4.78 is 18.9. The summed E-state index contributed by atoms with van der Waals surface area (Å²) in [6.07, 6.45) is 3.47. The van der Waals surface area contributed by atoms with Crippen LogP contribution in [-0.2, 0) is 9.53 Å². The molecule has 0 radical (unpaired) electrons. The normalized spacial score (nSPS) is 15.1. The lowest BCUT2D eigenvalue weighted by Crippen LogP contribution is -2.39. The van der Waals surface area contributed by atoms with Gasteiger partial charge in [0.05, 0.1) is 35.1 Å². The summed E-state index contributed by atoms with van der Waals surface area (Å²) in [6, 6.07) is 12.7. The van der Waals surface area contributed by atoms with Crippen LogP contribution in [0, 0.1) is 6.92 Å². The standard InChI is InChI=1S/C29H30N2O5S/c1-6-15-36-22-14-11-20(16-23(22)34-7-2)17-24-27(32)31-26(21-12-9-18(4)10-13-21)25(28(33)35-8-3)19(5)30-29(31)37-24/h6,9-14,16-17,26H,1,7-8,15H2,2-5H3/b24-17-/t26-/m0/s1. The molecule has 3 aromatic rings. The molecule has 2 heterocycles. The van der Waals surface area contributed by atoms with E-state index in [1.54, 1.807) is 30.6 Å². The Morgan fingerprint density at radius 2 is 1.84 bits per heavy atom. The van der Waals surface area contributed by atoms with Crippen molar-refractivity contribution in [2.45, 2.75) is 33.7 Å². The molecule has 1 aliphatic rings. The van der Waals surface area contributed by atoms with Crippen LogP contribution in [0.4, 0.5) is 0 Å². The van der Waals surface area contributed by atoms with Crippen LogP contribution in [0.15, 0.2) is 76.2 Å². The Morgan fingerprint density at radius 3 is 2.51 bits per heavy atom. The number of ether oxygens (including phenoxy) is 3. The molecule has 7 nitrogen and oxygen atoms in total. The molecule has 1 atom stereocenters. The van der Waals surface area contributed by atoms with Crippen LogP contribution in [-0.4, -0.2) is 30.4 Å². The Kier molecular flexibility index (Phi) is 8.08. The molecule has 192 valence electrons. The summed E-state index contributed by atoms with van der Waals surface area (Å²) in [7, 11) is 0. The number of thiazole rings is 1. The first-order valence-electron chi connectivity index (χ1n) is 12.1. The molecule has 0 saturated carbocycles. The van der Waals surface area contributed by atoms with E-state index in [2.05, 4.69) is 11.6 Å². The molecule has 0 N–H and O–H groups in total. The van der Waals surface area contributed by atoms with Crippen molar-refractivity contribution in [3.8, 4) is 11.5 Å². The third-order valence-corrected chi connectivity index (χ3v) is 6.82. The SMILES string of the molecule is C=CCOc1ccc(/C=c2\sc3n(c2=O)[C@@H](c2ccc(C)cc2)C(C(=O)OCC)=C(C)N=3)cc1OCC. The van der Waals surface area contributed by atoms with Gasteiger partial charge < -0.3 is 14.2 Å². The van der Waals surface area contributed by atoms with Crippen molar-refractivity contribution in [3.63, 3.8) is 0 Å². The summed E-state index contributed by atoms with van der Waals surface area (Å²) in [5, 5.41) is 0. The van der Waals surface area contributed by atoms with Gasteiger partial charge in [-0.3, -0.25) is 9.36 Å². The predicted octanol–water partition coefficient (Wildman–Crippen LogP) is 4.07. The van der Waals surface area contributed by atoms with E-state index in [4.69, 9.17) is 14.2 Å². The minimum Gasteiger partial charge on any atom is -0.490 e. The monoisotopic (exact) mass is 518 g/mol. The molecule has 0 fully saturated rings. The molecule has 1 aliphatic heterocycles. The molecular weight excluding hydrogens is 488 g/mol. The Bertz CT molecular complexity index is 1530. The first-order valence-corrected chi connectivity index (χ1v) is 13.0. The second-order valence-electron chi connectivity index (χ2n) is 8.45. The van der Waals surface area contributed by atoms with Gasteiger partial charge in [0.15, 0.2) is 16.3 Å². The van der Waals surface area contributed by atoms with Gasteiger partial charge in [-0.05, 0) is 57.0 Å². The third-order valence-electron chi connectivity index (χ3n) is 5.83. The Labute approximate surface area is 219 Å². The predicted molar refractivity (Wildman–Crippen MR) is 145 cm³/mol. The number of rotatable bonds is 9. The molecule has 0 bridgehead atoms. The number of aromatic nitrogens is 1. The Balaban J connectivity index is 1.87. The van der Waals surface area contributed by atoms with Crippen LogP contribution in [0.5, 0.6) is 11.5 Å². The van der Waals surface area contributed by atoms with Crippen molar-refractivity contribution in [2.24, 2.45) is 4.99 Å². The quantitative estimate of drug-likeness (QED) is 0.315. The number of hydrogen-bond acceptors (Lipinski definition) is 7. The maximum atomic E-state index is 13.8. The van der Waals surface area contributed by atoms with E-state index in [9.17, 15) is 9.59 Å². The first kappa shape index (κ1) is 26.2. The van der Waals surface area contributed by atoms with Gasteiger partial charge in [-0.2, -0.15) is 0 Å². The van der Waals surface area contributed by atoms with Crippen molar-refractivity contribution in [1.82, 2.24) is 4.57 Å². The number of carbonyl (C=O) groups is 1. The van der Waals surface area contributed by atoms with Crippen LogP contribution in [0.3, 0.4) is 0 Å². The van der Waals surface area contributed by atoms with Gasteiger partial charge in [0.25, 0.3) is 5.56 Å². The lowest BCUT2D eigenvalue weighted by molar-refractivity contribution is -0.139. The van der Waals surface area contributed by atoms with Crippen LogP contribution in [0.25, 0.3) is 6.08 Å². The number of esters is 1. The second-order valence-corrected chi connectivity index (χ2v) is 9.46. The minimum atomic E-state index is -0.633. The van der Waals surface area contributed by atoms with Crippen molar-refractivity contribution in [1.29, 1.82) is 0 Å². The second kappa shape index (κ2) is 11.4. The van der Waals surface area contributed by atoms with Crippen molar-refractivity contribution >= 4 is 23.4 Å². The van der Waals surface area contributed by atoms with Crippen LogP contribution < -0.4 is 24.4 Å². The molecule has 0 amide bonds. The average Bonchev–Trinajstić information content (AvgIpc) is 3.17. The summed E-state index contributed by atoms with van der Waals surface area (Å²) >= 11 is 1.28. The zero-order valence-electron chi connectivity index (χ0n) is 21.4. The number of benzene rings is 2. The van der Waals surface area contributed by atoms with E-state index in [1.165, 1.54) is 11.3 Å².